The number of hydrogen-bond acceptors (Lipinski definition) is 4. The largest absolute Gasteiger partial charge is 0.370 e. The van der Waals surface area contributed by atoms with Crippen molar-refractivity contribution in [2.75, 3.05) is 26.7 Å². The van der Waals surface area contributed by atoms with Crippen molar-refractivity contribution in [2.45, 2.75) is 23.5 Å². The number of hydrogen-bond donors (Lipinski definition) is 0. The van der Waals surface area contributed by atoms with Gasteiger partial charge in [-0.2, -0.15) is 4.31 Å². The van der Waals surface area contributed by atoms with Crippen LogP contribution >= 0.6 is 0 Å². The van der Waals surface area contributed by atoms with Crippen LogP contribution in [0.2, 0.25) is 0 Å². The summed E-state index contributed by atoms with van der Waals surface area (Å²) in [5.41, 5.74) is 3.25. The maximum atomic E-state index is 13.2. The van der Waals surface area contributed by atoms with Gasteiger partial charge in [0.25, 0.3) is 5.91 Å². The van der Waals surface area contributed by atoms with Crippen molar-refractivity contribution < 1.29 is 17.9 Å². The first-order valence-corrected chi connectivity index (χ1v) is 12.4. The first-order chi connectivity index (χ1) is 15.9. The quantitative estimate of drug-likeness (QED) is 0.583. The smallest absolute Gasteiger partial charge is 0.254 e. The highest BCUT2D eigenvalue weighted by Crippen LogP contribution is 2.36. The summed E-state index contributed by atoms with van der Waals surface area (Å²) in [6, 6.07) is 24.1. The topological polar surface area (TPSA) is 66.9 Å². The zero-order valence-electron chi connectivity index (χ0n) is 18.5. The SMILES string of the molecule is COC1(c2ccccc2)CN(C(=O)c2ccc(S(=O)(=O)N3CCc4ccccc4C3)cc2)C1. The lowest BCUT2D eigenvalue weighted by Crippen LogP contribution is -2.62. The highest BCUT2D eigenvalue weighted by molar-refractivity contribution is 7.89. The molecule has 0 bridgehead atoms. The fourth-order valence-electron chi connectivity index (χ4n) is 4.66. The molecule has 170 valence electrons. The van der Waals surface area contributed by atoms with Crippen LogP contribution in [-0.4, -0.2) is 50.3 Å². The van der Waals surface area contributed by atoms with Crippen LogP contribution in [0, 0.1) is 0 Å². The number of carbonyl (C=O) groups excluding carboxylic acids is 1. The molecule has 0 saturated carbocycles. The van der Waals surface area contributed by atoms with Crippen LogP contribution in [0.25, 0.3) is 0 Å². The van der Waals surface area contributed by atoms with Gasteiger partial charge in [-0.15, -0.1) is 0 Å². The summed E-state index contributed by atoms with van der Waals surface area (Å²) in [5.74, 6) is -0.130. The Morgan fingerprint density at radius 1 is 0.879 bits per heavy atom. The molecule has 5 rings (SSSR count). The van der Waals surface area contributed by atoms with Crippen LogP contribution in [-0.2, 0) is 33.3 Å². The lowest BCUT2D eigenvalue weighted by atomic mass is 9.85. The molecule has 2 heterocycles. The van der Waals surface area contributed by atoms with E-state index in [9.17, 15) is 13.2 Å². The number of nitrogens with zero attached hydrogens (tertiary/aromatic N) is 2. The second-order valence-corrected chi connectivity index (χ2v) is 10.5. The van der Waals surface area contributed by atoms with Gasteiger partial charge in [0.05, 0.1) is 18.0 Å². The van der Waals surface area contributed by atoms with Crippen molar-refractivity contribution in [3.05, 3.63) is 101 Å². The first-order valence-electron chi connectivity index (χ1n) is 11.0. The Morgan fingerprint density at radius 3 is 2.18 bits per heavy atom. The van der Waals surface area contributed by atoms with Gasteiger partial charge in [0.15, 0.2) is 0 Å². The van der Waals surface area contributed by atoms with E-state index in [0.29, 0.717) is 38.2 Å². The normalized spacial score (nSPS) is 17.8. The van der Waals surface area contributed by atoms with Crippen molar-refractivity contribution in [1.29, 1.82) is 0 Å². The molecule has 0 unspecified atom stereocenters. The van der Waals surface area contributed by atoms with Crippen molar-refractivity contribution in [3.63, 3.8) is 0 Å². The van der Waals surface area contributed by atoms with Gasteiger partial charge in [-0.05, 0) is 47.4 Å². The van der Waals surface area contributed by atoms with Gasteiger partial charge in [-0.25, -0.2) is 8.42 Å². The average Bonchev–Trinajstić information content (AvgIpc) is 2.84. The molecule has 33 heavy (non-hydrogen) atoms. The minimum absolute atomic E-state index is 0.130. The Balaban J connectivity index is 1.29. The van der Waals surface area contributed by atoms with Gasteiger partial charge >= 0.3 is 0 Å². The second kappa shape index (κ2) is 8.41. The fourth-order valence-corrected chi connectivity index (χ4v) is 6.08. The number of likely N-dealkylation sites (tertiary alicyclic amines) is 1. The molecule has 3 aromatic rings. The predicted octanol–water partition coefficient (Wildman–Crippen LogP) is 3.43. The standard InChI is InChI=1S/C26H26N2O4S/c1-32-26(23-9-3-2-4-10-23)18-27(19-26)25(29)21-11-13-24(14-12-21)33(30,31)28-16-15-20-7-5-6-8-22(20)17-28/h2-14H,15-19H2,1H3. The Labute approximate surface area is 194 Å². The van der Waals surface area contributed by atoms with E-state index < -0.39 is 15.6 Å². The molecule has 0 atom stereocenters. The molecule has 3 aromatic carbocycles. The maximum absolute atomic E-state index is 13.2. The summed E-state index contributed by atoms with van der Waals surface area (Å²) in [4.78, 5) is 14.9. The molecule has 2 aliphatic heterocycles. The summed E-state index contributed by atoms with van der Waals surface area (Å²) in [5, 5.41) is 0. The van der Waals surface area contributed by atoms with Crippen LogP contribution in [0.4, 0.5) is 0 Å². The van der Waals surface area contributed by atoms with Crippen LogP contribution in [0.1, 0.15) is 27.0 Å². The van der Waals surface area contributed by atoms with Crippen molar-refractivity contribution in [2.24, 2.45) is 0 Å². The van der Waals surface area contributed by atoms with E-state index in [2.05, 4.69) is 0 Å². The van der Waals surface area contributed by atoms with Gasteiger partial charge in [-0.3, -0.25) is 4.79 Å². The van der Waals surface area contributed by atoms with Crippen LogP contribution in [0.3, 0.4) is 0 Å². The van der Waals surface area contributed by atoms with Crippen LogP contribution in [0.15, 0.2) is 83.8 Å². The van der Waals surface area contributed by atoms with Gasteiger partial charge in [0.2, 0.25) is 10.0 Å². The minimum Gasteiger partial charge on any atom is -0.370 e. The molecule has 6 nitrogen and oxygen atoms in total. The summed E-state index contributed by atoms with van der Waals surface area (Å²) in [6.45, 7) is 1.73. The summed E-state index contributed by atoms with van der Waals surface area (Å²) in [7, 11) is -1.97. The number of methoxy groups -OCH3 is 1. The van der Waals surface area contributed by atoms with E-state index in [-0.39, 0.29) is 10.8 Å². The van der Waals surface area contributed by atoms with E-state index in [4.69, 9.17) is 4.74 Å². The zero-order chi connectivity index (χ0) is 23.1. The monoisotopic (exact) mass is 462 g/mol. The Hall–Kier alpha value is -3.00. The second-order valence-electron chi connectivity index (χ2n) is 8.61. The summed E-state index contributed by atoms with van der Waals surface area (Å²) in [6.07, 6.45) is 0.698. The molecular weight excluding hydrogens is 436 g/mol. The third-order valence-corrected chi connectivity index (χ3v) is 8.56. The van der Waals surface area contributed by atoms with E-state index >= 15 is 0 Å². The van der Waals surface area contributed by atoms with Crippen molar-refractivity contribution >= 4 is 15.9 Å². The van der Waals surface area contributed by atoms with Crippen molar-refractivity contribution in [1.82, 2.24) is 9.21 Å². The van der Waals surface area contributed by atoms with Gasteiger partial charge in [0.1, 0.15) is 5.60 Å². The molecule has 0 N–H and O–H groups in total. The van der Waals surface area contributed by atoms with E-state index in [0.717, 1.165) is 11.1 Å². The Kier molecular flexibility index (Phi) is 5.56. The Morgan fingerprint density at radius 2 is 1.52 bits per heavy atom. The number of rotatable bonds is 5. The van der Waals surface area contributed by atoms with Gasteiger partial charge < -0.3 is 9.64 Å². The molecular formula is C26H26N2O4S. The molecule has 0 radical (unpaired) electrons. The molecule has 1 fully saturated rings. The maximum Gasteiger partial charge on any atom is 0.254 e. The number of fused-ring (bicyclic) bond motifs is 1. The van der Waals surface area contributed by atoms with E-state index in [1.54, 1.807) is 24.1 Å². The Bertz CT molecular complexity index is 1270. The van der Waals surface area contributed by atoms with Crippen LogP contribution < -0.4 is 0 Å². The fraction of sp³-hybridized carbons (Fsp3) is 0.269. The lowest BCUT2D eigenvalue weighted by molar-refractivity contribution is -0.114. The molecule has 2 aliphatic rings. The summed E-state index contributed by atoms with van der Waals surface area (Å²) < 4.78 is 33.6. The van der Waals surface area contributed by atoms with E-state index in [1.807, 2.05) is 54.6 Å². The lowest BCUT2D eigenvalue weighted by Gasteiger charge is -2.49. The highest BCUT2D eigenvalue weighted by atomic mass is 32.2. The number of amides is 1. The molecule has 0 aromatic heterocycles. The number of carbonyl (C=O) groups is 1. The van der Waals surface area contributed by atoms with Crippen molar-refractivity contribution in [3.8, 4) is 0 Å². The third kappa shape index (κ3) is 3.86. The molecule has 1 saturated heterocycles. The number of sulfonamides is 1. The van der Waals surface area contributed by atoms with Gasteiger partial charge in [0, 0.05) is 25.8 Å². The summed E-state index contributed by atoms with van der Waals surface area (Å²) >= 11 is 0. The number of ether oxygens (including phenoxy) is 1. The molecule has 7 heteroatoms. The van der Waals surface area contributed by atoms with E-state index in [1.165, 1.54) is 22.0 Å². The first kappa shape index (κ1) is 21.8. The van der Waals surface area contributed by atoms with Gasteiger partial charge in [-0.1, -0.05) is 54.6 Å². The molecule has 1 amide bonds. The number of benzene rings is 3. The highest BCUT2D eigenvalue weighted by Gasteiger charge is 2.47. The molecule has 0 spiro atoms. The minimum atomic E-state index is -3.63. The average molecular weight is 463 g/mol. The molecule has 0 aliphatic carbocycles. The predicted molar refractivity (Wildman–Crippen MR) is 125 cm³/mol. The zero-order valence-corrected chi connectivity index (χ0v) is 19.3. The van der Waals surface area contributed by atoms with Crippen LogP contribution in [0.5, 0.6) is 0 Å². The third-order valence-electron chi connectivity index (χ3n) is 6.71.